The molecule has 0 aliphatic rings. The lowest BCUT2D eigenvalue weighted by Crippen LogP contribution is -3.00. The van der Waals surface area contributed by atoms with Crippen LogP contribution in [0.2, 0.25) is 0 Å². The zero-order valence-corrected chi connectivity index (χ0v) is 16.0. The van der Waals surface area contributed by atoms with Crippen LogP contribution in [0, 0.1) is 0 Å². The number of quaternary nitrogens is 1. The van der Waals surface area contributed by atoms with Gasteiger partial charge < -0.3 is 16.9 Å². The van der Waals surface area contributed by atoms with Crippen molar-refractivity contribution in [1.82, 2.24) is 0 Å². The topological polar surface area (TPSA) is 0 Å². The van der Waals surface area contributed by atoms with Crippen molar-refractivity contribution in [2.45, 2.75) is 78.1 Å². The van der Waals surface area contributed by atoms with Gasteiger partial charge in [0.15, 0.2) is 0 Å². The Balaban J connectivity index is 0. The zero-order chi connectivity index (χ0) is 14.4. The van der Waals surface area contributed by atoms with E-state index < -0.39 is 0 Å². The Morgan fingerprint density at radius 2 is 1.20 bits per heavy atom. The summed E-state index contributed by atoms with van der Waals surface area (Å²) < 4.78 is 1.20. The lowest BCUT2D eigenvalue weighted by molar-refractivity contribution is -0.877. The maximum atomic E-state index is 2.39. The molecule has 0 unspecified atom stereocenters. The Morgan fingerprint density at radius 3 is 1.80 bits per heavy atom. The third-order valence-electron chi connectivity index (χ3n) is 3.70. The molecule has 0 atom stereocenters. The first kappa shape index (κ1) is 22.9. The van der Waals surface area contributed by atoms with Crippen LogP contribution in [0.1, 0.15) is 78.1 Å². The van der Waals surface area contributed by atoms with E-state index in [0.29, 0.717) is 0 Å². The molecular formula is C17H38ClNS. The molecule has 20 heavy (non-hydrogen) atoms. The van der Waals surface area contributed by atoms with Gasteiger partial charge in [0, 0.05) is 0 Å². The zero-order valence-electron chi connectivity index (χ0n) is 14.4. The van der Waals surface area contributed by atoms with Gasteiger partial charge in [-0.1, -0.05) is 58.8 Å². The predicted molar refractivity (Wildman–Crippen MR) is 91.8 cm³/mol. The second kappa shape index (κ2) is 16.0. The molecule has 0 fully saturated rings. The molecule has 0 radical (unpaired) electrons. The quantitative estimate of drug-likeness (QED) is 0.269. The molecule has 0 aromatic carbocycles. The van der Waals surface area contributed by atoms with Crippen molar-refractivity contribution in [3.63, 3.8) is 0 Å². The van der Waals surface area contributed by atoms with Crippen molar-refractivity contribution in [2.24, 2.45) is 0 Å². The summed E-state index contributed by atoms with van der Waals surface area (Å²) in [5.74, 6) is 2.65. The number of hydrogen-bond donors (Lipinski definition) is 0. The molecule has 0 amide bonds. The van der Waals surface area contributed by atoms with Crippen molar-refractivity contribution < 1.29 is 16.9 Å². The fourth-order valence-electron chi connectivity index (χ4n) is 2.33. The number of unbranched alkanes of at least 4 members (excludes halogenated alkanes) is 8. The molecule has 1 nitrogen and oxygen atoms in total. The highest BCUT2D eigenvalue weighted by molar-refractivity contribution is 7.99. The highest BCUT2D eigenvalue weighted by Gasteiger charge is 2.13. The molecule has 0 saturated heterocycles. The molecule has 3 heteroatoms. The van der Waals surface area contributed by atoms with E-state index in [1.54, 1.807) is 0 Å². The monoisotopic (exact) mass is 323 g/mol. The van der Waals surface area contributed by atoms with Crippen molar-refractivity contribution in [3.05, 3.63) is 0 Å². The largest absolute Gasteiger partial charge is 1.00 e. The molecule has 0 aliphatic heterocycles. The Hall–Kier alpha value is 0.600. The predicted octanol–water partition coefficient (Wildman–Crippen LogP) is 2.70. The third-order valence-corrected chi connectivity index (χ3v) is 5.16. The van der Waals surface area contributed by atoms with E-state index in [2.05, 4.69) is 39.7 Å². The molecule has 0 rings (SSSR count). The fourth-order valence-corrected chi connectivity index (χ4v) is 3.49. The van der Waals surface area contributed by atoms with Crippen LogP contribution in [0.5, 0.6) is 0 Å². The molecule has 0 aromatic rings. The second-order valence-corrected chi connectivity index (χ2v) is 7.60. The van der Waals surface area contributed by atoms with E-state index in [-0.39, 0.29) is 12.4 Å². The van der Waals surface area contributed by atoms with Crippen molar-refractivity contribution in [1.29, 1.82) is 0 Å². The molecule has 124 valence electrons. The van der Waals surface area contributed by atoms with Crippen molar-refractivity contribution in [3.8, 4) is 0 Å². The summed E-state index contributed by atoms with van der Waals surface area (Å²) in [4.78, 5) is 0. The second-order valence-electron chi connectivity index (χ2n) is 6.53. The van der Waals surface area contributed by atoms with Crippen LogP contribution in [0.3, 0.4) is 0 Å². The first-order chi connectivity index (χ1) is 9.12. The summed E-state index contributed by atoms with van der Waals surface area (Å²) in [6.07, 6.45) is 14.1. The van der Waals surface area contributed by atoms with Crippen molar-refractivity contribution >= 4 is 11.8 Å². The highest BCUT2D eigenvalue weighted by Crippen LogP contribution is 2.14. The molecule has 0 bridgehead atoms. The SMILES string of the molecule is CCCCCCCC[N+](C)(C)CSCCCCCC.[Cl-]. The maximum Gasteiger partial charge on any atom is 0.125 e. The standard InChI is InChI=1S/C17H38NS.ClH/c1-5-7-9-11-12-13-15-18(3,4)17-19-16-14-10-8-6-2;/h5-17H2,1-4H3;1H/q+1;/p-1. The van der Waals surface area contributed by atoms with E-state index in [4.69, 9.17) is 0 Å². The molecule has 0 saturated carbocycles. The number of thioether (sulfide) groups is 1. The van der Waals surface area contributed by atoms with Gasteiger partial charge in [-0.15, -0.1) is 11.8 Å². The minimum absolute atomic E-state index is 0. The van der Waals surface area contributed by atoms with Gasteiger partial charge in [-0.05, 0) is 25.0 Å². The van der Waals surface area contributed by atoms with Gasteiger partial charge in [-0.3, -0.25) is 0 Å². The number of nitrogens with zero attached hydrogens (tertiary/aromatic N) is 1. The molecule has 0 aromatic heterocycles. The summed E-state index contributed by atoms with van der Waals surface area (Å²) in [7, 11) is 4.79. The minimum atomic E-state index is 0. The van der Waals surface area contributed by atoms with Gasteiger partial charge in [-0.25, -0.2) is 0 Å². The lowest BCUT2D eigenvalue weighted by atomic mass is 10.1. The Morgan fingerprint density at radius 1 is 0.700 bits per heavy atom. The van der Waals surface area contributed by atoms with Gasteiger partial charge in [0.25, 0.3) is 0 Å². The Labute approximate surface area is 139 Å². The van der Waals surface area contributed by atoms with E-state index in [9.17, 15) is 0 Å². The van der Waals surface area contributed by atoms with E-state index in [0.717, 1.165) is 0 Å². The third kappa shape index (κ3) is 16.7. The number of rotatable bonds is 14. The molecule has 0 spiro atoms. The molecule has 0 N–H and O–H groups in total. The van der Waals surface area contributed by atoms with Crippen LogP contribution in [0.25, 0.3) is 0 Å². The van der Waals surface area contributed by atoms with Crippen molar-refractivity contribution in [2.75, 3.05) is 32.3 Å². The summed E-state index contributed by atoms with van der Waals surface area (Å²) in [6, 6.07) is 0. The first-order valence-electron chi connectivity index (χ1n) is 8.52. The van der Waals surface area contributed by atoms with E-state index in [1.807, 2.05) is 0 Å². The van der Waals surface area contributed by atoms with Crippen LogP contribution in [-0.4, -0.2) is 36.8 Å². The minimum Gasteiger partial charge on any atom is -1.00 e. The van der Waals surface area contributed by atoms with Crippen LogP contribution in [0.15, 0.2) is 0 Å². The summed E-state index contributed by atoms with van der Waals surface area (Å²) in [6.45, 7) is 5.93. The number of halogens is 1. The maximum absolute atomic E-state index is 2.39. The van der Waals surface area contributed by atoms with Gasteiger partial charge in [0.2, 0.25) is 0 Å². The van der Waals surface area contributed by atoms with Crippen LogP contribution < -0.4 is 12.4 Å². The van der Waals surface area contributed by atoms with Crippen LogP contribution in [-0.2, 0) is 0 Å². The van der Waals surface area contributed by atoms with Gasteiger partial charge in [0.1, 0.15) is 5.88 Å². The molecule has 0 heterocycles. The van der Waals surface area contributed by atoms with Gasteiger partial charge in [-0.2, -0.15) is 0 Å². The van der Waals surface area contributed by atoms with Gasteiger partial charge >= 0.3 is 0 Å². The molecular weight excluding hydrogens is 286 g/mol. The van der Waals surface area contributed by atoms with Crippen LogP contribution in [0.4, 0.5) is 0 Å². The normalized spacial score (nSPS) is 11.4. The average Bonchev–Trinajstić information content (AvgIpc) is 2.38. The number of hydrogen-bond acceptors (Lipinski definition) is 1. The smallest absolute Gasteiger partial charge is 0.125 e. The van der Waals surface area contributed by atoms with E-state index in [1.165, 1.54) is 86.9 Å². The van der Waals surface area contributed by atoms with Crippen LogP contribution >= 0.6 is 11.8 Å². The fraction of sp³-hybridized carbons (Fsp3) is 1.00. The Kier molecular flexibility index (Phi) is 18.3. The van der Waals surface area contributed by atoms with Gasteiger partial charge in [0.05, 0.1) is 20.6 Å². The molecule has 0 aliphatic carbocycles. The summed E-state index contributed by atoms with van der Waals surface area (Å²) in [5.41, 5.74) is 0. The Bertz CT molecular complexity index is 168. The summed E-state index contributed by atoms with van der Waals surface area (Å²) >= 11 is 2.15. The average molecular weight is 324 g/mol. The highest BCUT2D eigenvalue weighted by atomic mass is 35.5. The first-order valence-corrected chi connectivity index (χ1v) is 9.67. The lowest BCUT2D eigenvalue weighted by Gasteiger charge is -2.29. The van der Waals surface area contributed by atoms with E-state index >= 15 is 0 Å². The summed E-state index contributed by atoms with van der Waals surface area (Å²) in [5, 5.41) is 0.